The summed E-state index contributed by atoms with van der Waals surface area (Å²) in [5.41, 5.74) is 1.08. The lowest BCUT2D eigenvalue weighted by Crippen LogP contribution is -2.44. The maximum absolute atomic E-state index is 12.2. The minimum Gasteiger partial charge on any atom is -0.356 e. The predicted molar refractivity (Wildman–Crippen MR) is 108 cm³/mol. The zero-order valence-corrected chi connectivity index (χ0v) is 17.4. The predicted octanol–water partition coefficient (Wildman–Crippen LogP) is 1.37. The first-order chi connectivity index (χ1) is 12.4. The van der Waals surface area contributed by atoms with Crippen molar-refractivity contribution >= 4 is 23.2 Å². The van der Waals surface area contributed by atoms with E-state index in [9.17, 15) is 4.79 Å². The molecule has 2 N–H and O–H groups in total. The summed E-state index contributed by atoms with van der Waals surface area (Å²) in [6.07, 6.45) is 3.06. The van der Waals surface area contributed by atoms with Gasteiger partial charge in [0.1, 0.15) is 0 Å². The molecule has 1 aromatic heterocycles. The zero-order valence-electron chi connectivity index (χ0n) is 16.6. The molecule has 8 heteroatoms. The number of hydrogen-bond acceptors (Lipinski definition) is 5. The number of likely N-dealkylation sites (N-methyl/N-ethyl adjacent to an activating group) is 1. The molecular weight excluding hydrogens is 348 g/mol. The van der Waals surface area contributed by atoms with Gasteiger partial charge in [0.25, 0.3) is 0 Å². The second-order valence-corrected chi connectivity index (χ2v) is 8.16. The monoisotopic (exact) mass is 380 g/mol. The van der Waals surface area contributed by atoms with E-state index < -0.39 is 0 Å². The zero-order chi connectivity index (χ0) is 19.1. The summed E-state index contributed by atoms with van der Waals surface area (Å²) in [6.45, 7) is 7.59. The standard InChI is InChI=1S/C18H32N6OS/c1-13-16(26-14(2)22-13)12-21-18(19-3)20-9-7-11-24-10-6-8-15(24)17(25)23(4)5/h15H,6-12H2,1-5H3,(H2,19,20,21). The Morgan fingerprint density at radius 1 is 1.38 bits per heavy atom. The van der Waals surface area contributed by atoms with Crippen molar-refractivity contribution < 1.29 is 4.79 Å². The number of aromatic nitrogens is 1. The van der Waals surface area contributed by atoms with Gasteiger partial charge in [-0.1, -0.05) is 0 Å². The molecule has 0 spiro atoms. The minimum absolute atomic E-state index is 0.0555. The van der Waals surface area contributed by atoms with Gasteiger partial charge in [0.05, 0.1) is 23.3 Å². The van der Waals surface area contributed by atoms with Crippen LogP contribution in [0.4, 0.5) is 0 Å². The van der Waals surface area contributed by atoms with Crippen LogP contribution < -0.4 is 10.6 Å². The molecule has 7 nitrogen and oxygen atoms in total. The summed E-state index contributed by atoms with van der Waals surface area (Å²) in [4.78, 5) is 26.2. The van der Waals surface area contributed by atoms with Gasteiger partial charge in [-0.3, -0.25) is 14.7 Å². The number of rotatable bonds is 7. The molecule has 2 rings (SSSR count). The van der Waals surface area contributed by atoms with Crippen LogP contribution in [0.25, 0.3) is 0 Å². The van der Waals surface area contributed by atoms with E-state index in [0.717, 1.165) is 62.1 Å². The van der Waals surface area contributed by atoms with Crippen LogP contribution >= 0.6 is 11.3 Å². The van der Waals surface area contributed by atoms with Crippen molar-refractivity contribution in [2.75, 3.05) is 40.8 Å². The largest absolute Gasteiger partial charge is 0.356 e. The van der Waals surface area contributed by atoms with E-state index in [2.05, 4.69) is 25.5 Å². The molecule has 2 heterocycles. The first kappa shape index (κ1) is 20.6. The number of amides is 1. The first-order valence-electron chi connectivity index (χ1n) is 9.25. The van der Waals surface area contributed by atoms with Crippen molar-refractivity contribution in [2.45, 2.75) is 45.7 Å². The Balaban J connectivity index is 1.70. The Morgan fingerprint density at radius 2 is 2.15 bits per heavy atom. The molecule has 1 unspecified atom stereocenters. The number of carbonyl (C=O) groups excluding carboxylic acids is 1. The van der Waals surface area contributed by atoms with E-state index in [-0.39, 0.29) is 11.9 Å². The fourth-order valence-corrected chi connectivity index (χ4v) is 4.16. The number of aryl methyl sites for hydroxylation is 2. The van der Waals surface area contributed by atoms with Gasteiger partial charge >= 0.3 is 0 Å². The molecule has 1 fully saturated rings. The highest BCUT2D eigenvalue weighted by Gasteiger charge is 2.30. The number of nitrogens with zero attached hydrogens (tertiary/aromatic N) is 4. The average molecular weight is 381 g/mol. The van der Waals surface area contributed by atoms with Gasteiger partial charge in [-0.15, -0.1) is 11.3 Å². The summed E-state index contributed by atoms with van der Waals surface area (Å²) in [6, 6.07) is 0.0555. The molecule has 1 aliphatic heterocycles. The molecule has 0 saturated carbocycles. The fourth-order valence-electron chi connectivity index (χ4n) is 3.28. The Kier molecular flexibility index (Phi) is 7.84. The first-order valence-corrected chi connectivity index (χ1v) is 10.1. The third kappa shape index (κ3) is 5.67. The van der Waals surface area contributed by atoms with Crippen molar-refractivity contribution in [1.82, 2.24) is 25.4 Å². The summed E-state index contributed by atoms with van der Waals surface area (Å²) in [5.74, 6) is 1.03. The number of likely N-dealkylation sites (tertiary alicyclic amines) is 1. The lowest BCUT2D eigenvalue weighted by atomic mass is 10.2. The number of thiazole rings is 1. The summed E-state index contributed by atoms with van der Waals surface area (Å²) in [5, 5.41) is 7.80. The Labute approximate surface area is 160 Å². The molecule has 146 valence electrons. The quantitative estimate of drug-likeness (QED) is 0.425. The number of guanidine groups is 1. The maximum Gasteiger partial charge on any atom is 0.239 e. The summed E-state index contributed by atoms with van der Waals surface area (Å²) in [7, 11) is 5.46. The average Bonchev–Trinajstić information content (AvgIpc) is 3.19. The van der Waals surface area contributed by atoms with Crippen LogP contribution in [0.2, 0.25) is 0 Å². The van der Waals surface area contributed by atoms with Crippen molar-refractivity contribution in [3.63, 3.8) is 0 Å². The van der Waals surface area contributed by atoms with E-state index >= 15 is 0 Å². The van der Waals surface area contributed by atoms with E-state index in [4.69, 9.17) is 0 Å². The number of nitrogens with one attached hydrogen (secondary N) is 2. The molecular formula is C18H32N6OS. The van der Waals surface area contributed by atoms with Crippen LogP contribution in [0, 0.1) is 13.8 Å². The van der Waals surface area contributed by atoms with Gasteiger partial charge in [0.15, 0.2) is 5.96 Å². The van der Waals surface area contributed by atoms with Crippen molar-refractivity contribution in [1.29, 1.82) is 0 Å². The van der Waals surface area contributed by atoms with E-state index in [1.807, 2.05) is 27.9 Å². The molecule has 1 saturated heterocycles. The maximum atomic E-state index is 12.2. The topological polar surface area (TPSA) is 72.9 Å². The molecule has 1 atom stereocenters. The van der Waals surface area contributed by atoms with Crippen molar-refractivity contribution in [3.8, 4) is 0 Å². The van der Waals surface area contributed by atoms with Gasteiger partial charge in [0.2, 0.25) is 5.91 Å². The van der Waals surface area contributed by atoms with Crippen LogP contribution in [0.15, 0.2) is 4.99 Å². The van der Waals surface area contributed by atoms with E-state index in [1.165, 1.54) is 4.88 Å². The molecule has 1 aliphatic rings. The Hall–Kier alpha value is -1.67. The Bertz CT molecular complexity index is 627. The lowest BCUT2D eigenvalue weighted by molar-refractivity contribution is -0.133. The van der Waals surface area contributed by atoms with Crippen molar-refractivity contribution in [3.05, 3.63) is 15.6 Å². The number of aliphatic imine (C=N–C) groups is 1. The number of carbonyl (C=O) groups is 1. The SMILES string of the molecule is CN=C(NCCCN1CCCC1C(=O)N(C)C)NCc1sc(C)nc1C. The normalized spacial score (nSPS) is 18.2. The van der Waals surface area contributed by atoms with Gasteiger partial charge in [-0.2, -0.15) is 0 Å². The molecule has 0 bridgehead atoms. The molecule has 1 aromatic rings. The lowest BCUT2D eigenvalue weighted by Gasteiger charge is -2.26. The second kappa shape index (κ2) is 9.87. The summed E-state index contributed by atoms with van der Waals surface area (Å²) >= 11 is 1.72. The highest BCUT2D eigenvalue weighted by atomic mass is 32.1. The minimum atomic E-state index is 0.0555. The smallest absolute Gasteiger partial charge is 0.239 e. The van der Waals surface area contributed by atoms with Crippen LogP contribution in [-0.4, -0.2) is 73.5 Å². The Morgan fingerprint density at radius 3 is 2.77 bits per heavy atom. The van der Waals surface area contributed by atoms with Gasteiger partial charge in [-0.05, 0) is 39.7 Å². The van der Waals surface area contributed by atoms with E-state index in [0.29, 0.717) is 0 Å². The highest BCUT2D eigenvalue weighted by molar-refractivity contribution is 7.11. The molecule has 0 aromatic carbocycles. The van der Waals surface area contributed by atoms with Crippen LogP contribution in [0.3, 0.4) is 0 Å². The van der Waals surface area contributed by atoms with Crippen LogP contribution in [0.5, 0.6) is 0 Å². The highest BCUT2D eigenvalue weighted by Crippen LogP contribution is 2.19. The summed E-state index contributed by atoms with van der Waals surface area (Å²) < 4.78 is 0. The molecule has 1 amide bonds. The molecule has 0 radical (unpaired) electrons. The van der Waals surface area contributed by atoms with E-state index in [1.54, 1.807) is 23.3 Å². The van der Waals surface area contributed by atoms with Gasteiger partial charge < -0.3 is 15.5 Å². The van der Waals surface area contributed by atoms with Gasteiger partial charge in [-0.25, -0.2) is 4.98 Å². The van der Waals surface area contributed by atoms with Crippen LogP contribution in [-0.2, 0) is 11.3 Å². The third-order valence-corrected chi connectivity index (χ3v) is 5.72. The van der Waals surface area contributed by atoms with Gasteiger partial charge in [0, 0.05) is 39.1 Å². The second-order valence-electron chi connectivity index (χ2n) is 6.87. The fraction of sp³-hybridized carbons (Fsp3) is 0.722. The molecule has 26 heavy (non-hydrogen) atoms. The van der Waals surface area contributed by atoms with Crippen LogP contribution in [0.1, 0.15) is 34.8 Å². The molecule has 0 aliphatic carbocycles. The third-order valence-electron chi connectivity index (χ3n) is 4.64. The van der Waals surface area contributed by atoms with Crippen molar-refractivity contribution in [2.24, 2.45) is 4.99 Å². The number of hydrogen-bond donors (Lipinski definition) is 2.